The first-order chi connectivity index (χ1) is 8.54. The highest BCUT2D eigenvalue weighted by Gasteiger charge is 2.17. The Balaban J connectivity index is 2.43. The minimum atomic E-state index is -1.10. The van der Waals surface area contributed by atoms with E-state index in [1.54, 1.807) is 26.2 Å². The number of aliphatic hydroxyl groups excluding tert-OH is 1. The molecule has 0 radical (unpaired) electrons. The normalized spacial score (nSPS) is 12.8. The van der Waals surface area contributed by atoms with Crippen LogP contribution < -0.4 is 11.1 Å². The van der Waals surface area contributed by atoms with E-state index in [0.717, 1.165) is 0 Å². The molecule has 6 nitrogen and oxygen atoms in total. The molecule has 96 valence electrons. The Bertz CT molecular complexity index is 641. The van der Waals surface area contributed by atoms with Crippen LogP contribution in [0.15, 0.2) is 27.4 Å². The molecule has 0 aliphatic carbocycles. The van der Waals surface area contributed by atoms with Crippen molar-refractivity contribution in [1.82, 2.24) is 9.88 Å². The average molecular weight is 250 g/mol. The van der Waals surface area contributed by atoms with E-state index in [4.69, 9.17) is 4.42 Å². The van der Waals surface area contributed by atoms with Crippen LogP contribution in [0.2, 0.25) is 0 Å². The Morgan fingerprint density at radius 2 is 2.28 bits per heavy atom. The van der Waals surface area contributed by atoms with Crippen molar-refractivity contribution in [1.29, 1.82) is 0 Å². The average Bonchev–Trinajstić information content (AvgIpc) is 2.64. The maximum absolute atomic E-state index is 11.9. The number of benzene rings is 1. The number of aryl methyl sites for hydroxylation is 1. The van der Waals surface area contributed by atoms with E-state index in [1.165, 1.54) is 10.6 Å². The molecule has 1 aromatic heterocycles. The number of nitrogens with one attached hydrogen (secondary N) is 1. The molecule has 0 saturated carbocycles. The first kappa shape index (κ1) is 12.5. The number of ketones is 1. The Morgan fingerprint density at radius 3 is 2.94 bits per heavy atom. The summed E-state index contributed by atoms with van der Waals surface area (Å²) < 4.78 is 6.28. The molecule has 0 saturated heterocycles. The highest BCUT2D eigenvalue weighted by Crippen LogP contribution is 2.15. The van der Waals surface area contributed by atoms with Crippen LogP contribution in [0.4, 0.5) is 0 Å². The van der Waals surface area contributed by atoms with Gasteiger partial charge in [-0.3, -0.25) is 9.36 Å². The van der Waals surface area contributed by atoms with E-state index in [2.05, 4.69) is 5.32 Å². The summed E-state index contributed by atoms with van der Waals surface area (Å²) in [5, 5.41) is 12.3. The highest BCUT2D eigenvalue weighted by molar-refractivity contribution is 6.01. The van der Waals surface area contributed by atoms with Crippen molar-refractivity contribution in [2.45, 2.75) is 6.10 Å². The van der Waals surface area contributed by atoms with Gasteiger partial charge in [0.1, 0.15) is 6.10 Å². The van der Waals surface area contributed by atoms with Gasteiger partial charge in [0.05, 0.1) is 5.52 Å². The zero-order chi connectivity index (χ0) is 13.3. The maximum Gasteiger partial charge on any atom is 0.419 e. The summed E-state index contributed by atoms with van der Waals surface area (Å²) in [6.07, 6.45) is -1.10. The van der Waals surface area contributed by atoms with Gasteiger partial charge in [-0.15, -0.1) is 0 Å². The third-order valence-corrected chi connectivity index (χ3v) is 2.78. The Kier molecular flexibility index (Phi) is 3.31. The molecule has 1 heterocycles. The van der Waals surface area contributed by atoms with Gasteiger partial charge in [0, 0.05) is 19.2 Å². The smallest absolute Gasteiger partial charge is 0.408 e. The second-order valence-electron chi connectivity index (χ2n) is 4.05. The molecule has 1 atom stereocenters. The van der Waals surface area contributed by atoms with Crippen molar-refractivity contribution in [2.75, 3.05) is 13.6 Å². The molecule has 0 fully saturated rings. The minimum absolute atomic E-state index is 0.182. The molecule has 6 heteroatoms. The Morgan fingerprint density at radius 1 is 1.56 bits per heavy atom. The first-order valence-electron chi connectivity index (χ1n) is 5.51. The lowest BCUT2D eigenvalue weighted by Crippen LogP contribution is -2.31. The molecule has 0 bridgehead atoms. The predicted molar refractivity (Wildman–Crippen MR) is 65.7 cm³/mol. The number of nitrogens with zero attached hydrogens (tertiary/aromatic N) is 1. The summed E-state index contributed by atoms with van der Waals surface area (Å²) in [6, 6.07) is 4.63. The molecular weight excluding hydrogens is 236 g/mol. The maximum atomic E-state index is 11.9. The number of rotatable bonds is 4. The van der Waals surface area contributed by atoms with Crippen LogP contribution in [0.1, 0.15) is 10.4 Å². The number of carbonyl (C=O) groups is 1. The largest absolute Gasteiger partial charge is 0.419 e. The lowest BCUT2D eigenvalue weighted by atomic mass is 10.1. The summed E-state index contributed by atoms with van der Waals surface area (Å²) in [5.41, 5.74) is 1.30. The van der Waals surface area contributed by atoms with Gasteiger partial charge < -0.3 is 14.8 Å². The van der Waals surface area contributed by atoms with E-state index in [0.29, 0.717) is 16.7 Å². The fourth-order valence-electron chi connectivity index (χ4n) is 1.76. The van der Waals surface area contributed by atoms with E-state index >= 15 is 0 Å². The number of Topliss-reactive ketones (excluding diaryl/α,β-unsaturated/α-hetero) is 1. The fraction of sp³-hybridized carbons (Fsp3) is 0.333. The lowest BCUT2D eigenvalue weighted by Gasteiger charge is -2.08. The van der Waals surface area contributed by atoms with Crippen LogP contribution >= 0.6 is 0 Å². The van der Waals surface area contributed by atoms with Crippen molar-refractivity contribution >= 4 is 16.9 Å². The van der Waals surface area contributed by atoms with Crippen LogP contribution in [0.25, 0.3) is 11.1 Å². The second kappa shape index (κ2) is 4.75. The lowest BCUT2D eigenvalue weighted by molar-refractivity contribution is 0.0750. The molecule has 0 spiro atoms. The summed E-state index contributed by atoms with van der Waals surface area (Å²) in [6.45, 7) is 0.182. The topological polar surface area (TPSA) is 84.5 Å². The van der Waals surface area contributed by atoms with Crippen LogP contribution in [-0.2, 0) is 7.05 Å². The molecule has 2 aromatic rings. The molecular formula is C12H14N2O4. The molecule has 0 amide bonds. The van der Waals surface area contributed by atoms with Gasteiger partial charge in [-0.25, -0.2) is 4.79 Å². The summed E-state index contributed by atoms with van der Waals surface area (Å²) in [4.78, 5) is 23.2. The van der Waals surface area contributed by atoms with Crippen LogP contribution in [0, 0.1) is 0 Å². The monoisotopic (exact) mass is 250 g/mol. The van der Waals surface area contributed by atoms with Gasteiger partial charge >= 0.3 is 5.76 Å². The van der Waals surface area contributed by atoms with E-state index in [-0.39, 0.29) is 12.3 Å². The molecule has 0 aliphatic rings. The van der Waals surface area contributed by atoms with Gasteiger partial charge in [0.15, 0.2) is 11.4 Å². The van der Waals surface area contributed by atoms with Crippen molar-refractivity contribution in [3.05, 3.63) is 34.3 Å². The zero-order valence-corrected chi connectivity index (χ0v) is 10.1. The van der Waals surface area contributed by atoms with Gasteiger partial charge in [0.2, 0.25) is 0 Å². The summed E-state index contributed by atoms with van der Waals surface area (Å²) in [5.74, 6) is -0.870. The number of aliphatic hydroxyl groups is 1. The number of hydrogen-bond donors (Lipinski definition) is 2. The third-order valence-electron chi connectivity index (χ3n) is 2.78. The molecule has 1 aromatic carbocycles. The van der Waals surface area contributed by atoms with E-state index in [9.17, 15) is 14.7 Å². The van der Waals surface area contributed by atoms with E-state index in [1.807, 2.05) is 0 Å². The second-order valence-corrected chi connectivity index (χ2v) is 4.05. The number of hydrogen-bond acceptors (Lipinski definition) is 5. The summed E-state index contributed by atoms with van der Waals surface area (Å²) in [7, 11) is 3.21. The zero-order valence-electron chi connectivity index (χ0n) is 10.1. The predicted octanol–water partition coefficient (Wildman–Crippen LogP) is -0.106. The van der Waals surface area contributed by atoms with Crippen molar-refractivity contribution < 1.29 is 14.3 Å². The number of fused-ring (bicyclic) bond motifs is 1. The van der Waals surface area contributed by atoms with E-state index < -0.39 is 11.9 Å². The third kappa shape index (κ3) is 2.07. The Hall–Kier alpha value is -1.92. The van der Waals surface area contributed by atoms with Crippen molar-refractivity contribution in [2.24, 2.45) is 7.05 Å². The summed E-state index contributed by atoms with van der Waals surface area (Å²) >= 11 is 0. The molecule has 18 heavy (non-hydrogen) atoms. The standard InChI is InChI=1S/C12H14N2O4/c1-13-6-9(15)11(16)7-3-4-10-8(5-7)14(2)12(17)18-10/h3-5,9,13,15H,6H2,1-2H3. The van der Waals surface area contributed by atoms with Crippen molar-refractivity contribution in [3.63, 3.8) is 0 Å². The van der Waals surface area contributed by atoms with Gasteiger partial charge in [0.25, 0.3) is 0 Å². The molecule has 0 aliphatic heterocycles. The quantitative estimate of drug-likeness (QED) is 0.740. The Labute approximate surface area is 103 Å². The molecule has 1 unspecified atom stereocenters. The first-order valence-corrected chi connectivity index (χ1v) is 5.51. The number of carbonyl (C=O) groups excluding carboxylic acids is 1. The van der Waals surface area contributed by atoms with Crippen molar-refractivity contribution in [3.8, 4) is 0 Å². The fourth-order valence-corrected chi connectivity index (χ4v) is 1.76. The number of oxazole rings is 1. The van der Waals surface area contributed by atoms with Gasteiger partial charge in [-0.1, -0.05) is 0 Å². The van der Waals surface area contributed by atoms with Gasteiger partial charge in [-0.2, -0.15) is 0 Å². The van der Waals surface area contributed by atoms with Crippen LogP contribution in [0.3, 0.4) is 0 Å². The van der Waals surface area contributed by atoms with Gasteiger partial charge in [-0.05, 0) is 25.2 Å². The minimum Gasteiger partial charge on any atom is -0.408 e. The van der Waals surface area contributed by atoms with Crippen LogP contribution in [-0.4, -0.2) is 35.2 Å². The molecule has 2 N–H and O–H groups in total. The number of likely N-dealkylation sites (N-methyl/N-ethyl adjacent to an activating group) is 1. The molecule has 2 rings (SSSR count). The SMILES string of the molecule is CNCC(O)C(=O)c1ccc2oc(=O)n(C)c2c1. The van der Waals surface area contributed by atoms with Crippen LogP contribution in [0.5, 0.6) is 0 Å². The highest BCUT2D eigenvalue weighted by atomic mass is 16.4. The number of aromatic nitrogens is 1.